The number of benzene rings is 1. The average Bonchev–Trinajstić information content (AvgIpc) is 3.39. The molecule has 1 amide bonds. The summed E-state index contributed by atoms with van der Waals surface area (Å²) in [6, 6.07) is 7.83. The zero-order valence-electron chi connectivity index (χ0n) is 19.7. The number of aromatic nitrogens is 3. The van der Waals surface area contributed by atoms with Gasteiger partial charge in [0.05, 0.1) is 17.9 Å². The zero-order chi connectivity index (χ0) is 24.9. The summed E-state index contributed by atoms with van der Waals surface area (Å²) in [5.74, 6) is 0.839. The van der Waals surface area contributed by atoms with E-state index in [0.717, 1.165) is 34.9 Å². The van der Waals surface area contributed by atoms with Crippen molar-refractivity contribution in [2.45, 2.75) is 44.8 Å². The summed E-state index contributed by atoms with van der Waals surface area (Å²) in [6.07, 6.45) is 4.55. The number of nitrogens with zero attached hydrogens (tertiary/aromatic N) is 3. The van der Waals surface area contributed by atoms with E-state index in [0.29, 0.717) is 40.6 Å². The Morgan fingerprint density at radius 1 is 1.34 bits per heavy atom. The van der Waals surface area contributed by atoms with Crippen LogP contribution >= 0.6 is 39.0 Å². The normalized spacial score (nSPS) is 14.9. The van der Waals surface area contributed by atoms with Crippen LogP contribution in [0, 0.1) is 5.92 Å². The molecule has 7 nitrogen and oxygen atoms in total. The van der Waals surface area contributed by atoms with Gasteiger partial charge in [0.2, 0.25) is 5.91 Å². The smallest absolute Gasteiger partial charge is 0.341 e. The second-order valence-electron chi connectivity index (χ2n) is 8.33. The molecule has 0 fully saturated rings. The molecule has 1 atom stereocenters. The Hall–Kier alpha value is -2.43. The van der Waals surface area contributed by atoms with Crippen LogP contribution in [0.15, 0.2) is 46.5 Å². The lowest BCUT2D eigenvalue weighted by atomic mass is 9.88. The second kappa shape index (κ2) is 11.5. The second-order valence-corrected chi connectivity index (χ2v) is 11.3. The molecule has 0 radical (unpaired) electrons. The lowest BCUT2D eigenvalue weighted by Crippen LogP contribution is -2.18. The summed E-state index contributed by atoms with van der Waals surface area (Å²) in [5.41, 5.74) is 2.47. The molecular weight excluding hydrogens is 548 g/mol. The van der Waals surface area contributed by atoms with Crippen LogP contribution in [-0.4, -0.2) is 39.0 Å². The molecule has 10 heteroatoms. The zero-order valence-corrected chi connectivity index (χ0v) is 22.9. The first-order valence-electron chi connectivity index (χ1n) is 11.5. The van der Waals surface area contributed by atoms with Crippen molar-refractivity contribution in [1.82, 2.24) is 14.8 Å². The number of nitrogens with one attached hydrogen (secondary N) is 1. The van der Waals surface area contributed by atoms with E-state index in [-0.39, 0.29) is 17.6 Å². The highest BCUT2D eigenvalue weighted by Crippen LogP contribution is 2.40. The Balaban J connectivity index is 1.50. The van der Waals surface area contributed by atoms with E-state index in [2.05, 4.69) is 44.9 Å². The Bertz CT molecular complexity index is 1240. The van der Waals surface area contributed by atoms with Crippen LogP contribution in [0.5, 0.6) is 0 Å². The molecule has 0 saturated heterocycles. The first-order chi connectivity index (χ1) is 16.9. The molecule has 0 saturated carbocycles. The fraction of sp³-hybridized carbons (Fsp3) is 0.360. The molecule has 1 aliphatic carbocycles. The SMILES string of the molecule is C=CCn1c(SCC(=O)Nc2sc3c(c2C(=O)OCC)CCC(C)C3)nnc1-c1ccc(Br)cc1. The van der Waals surface area contributed by atoms with Crippen LogP contribution in [0.1, 0.15) is 41.1 Å². The Morgan fingerprint density at radius 3 is 2.83 bits per heavy atom. The van der Waals surface area contributed by atoms with Crippen molar-refractivity contribution in [1.29, 1.82) is 0 Å². The predicted octanol–water partition coefficient (Wildman–Crippen LogP) is 5.99. The van der Waals surface area contributed by atoms with Gasteiger partial charge in [0.25, 0.3) is 0 Å². The molecule has 1 N–H and O–H groups in total. The van der Waals surface area contributed by atoms with E-state index in [1.165, 1.54) is 28.0 Å². The number of thiophene rings is 1. The lowest BCUT2D eigenvalue weighted by Gasteiger charge is -2.18. The van der Waals surface area contributed by atoms with Crippen LogP contribution in [-0.2, 0) is 28.9 Å². The highest BCUT2D eigenvalue weighted by atomic mass is 79.9. The quantitative estimate of drug-likeness (QED) is 0.192. The minimum absolute atomic E-state index is 0.136. The number of anilines is 1. The topological polar surface area (TPSA) is 86.1 Å². The average molecular weight is 576 g/mol. The third-order valence-electron chi connectivity index (χ3n) is 5.71. The van der Waals surface area contributed by atoms with Crippen molar-refractivity contribution in [2.75, 3.05) is 17.7 Å². The number of amides is 1. The van der Waals surface area contributed by atoms with Crippen molar-refractivity contribution in [2.24, 2.45) is 5.92 Å². The molecule has 0 bridgehead atoms. The molecule has 4 rings (SSSR count). The fourth-order valence-corrected chi connectivity index (χ4v) is 6.48. The van der Waals surface area contributed by atoms with E-state index in [9.17, 15) is 9.59 Å². The highest BCUT2D eigenvalue weighted by Gasteiger charge is 2.29. The molecule has 3 aromatic rings. The lowest BCUT2D eigenvalue weighted by molar-refractivity contribution is -0.113. The van der Waals surface area contributed by atoms with Gasteiger partial charge in [0, 0.05) is 21.5 Å². The van der Waals surface area contributed by atoms with Crippen LogP contribution < -0.4 is 5.32 Å². The molecule has 1 unspecified atom stereocenters. The van der Waals surface area contributed by atoms with Crippen molar-refractivity contribution in [3.8, 4) is 11.4 Å². The molecule has 1 aromatic carbocycles. The molecule has 0 aliphatic heterocycles. The Morgan fingerprint density at radius 2 is 2.11 bits per heavy atom. The third kappa shape index (κ3) is 5.87. The van der Waals surface area contributed by atoms with Gasteiger partial charge in [0.1, 0.15) is 5.00 Å². The van der Waals surface area contributed by atoms with Gasteiger partial charge in [-0.05, 0) is 49.8 Å². The van der Waals surface area contributed by atoms with Crippen LogP contribution in [0.2, 0.25) is 0 Å². The van der Waals surface area contributed by atoms with E-state index in [1.54, 1.807) is 13.0 Å². The first-order valence-corrected chi connectivity index (χ1v) is 14.0. The Kier molecular flexibility index (Phi) is 8.46. The molecular formula is C25H27BrN4O3S2. The molecule has 0 spiro atoms. The number of halogens is 1. The maximum Gasteiger partial charge on any atom is 0.341 e. The number of carbonyl (C=O) groups excluding carboxylic acids is 2. The van der Waals surface area contributed by atoms with Crippen LogP contribution in [0.3, 0.4) is 0 Å². The van der Waals surface area contributed by atoms with Crippen LogP contribution in [0.25, 0.3) is 11.4 Å². The minimum atomic E-state index is -0.368. The van der Waals surface area contributed by atoms with E-state index in [1.807, 2.05) is 28.8 Å². The fourth-order valence-electron chi connectivity index (χ4n) is 4.05. The summed E-state index contributed by atoms with van der Waals surface area (Å²) in [7, 11) is 0. The number of thioether (sulfide) groups is 1. The van der Waals surface area contributed by atoms with Gasteiger partial charge in [-0.3, -0.25) is 9.36 Å². The Labute approximate surface area is 221 Å². The number of carbonyl (C=O) groups is 2. The first kappa shape index (κ1) is 25.7. The summed E-state index contributed by atoms with van der Waals surface area (Å²) in [6.45, 7) is 8.65. The number of allylic oxidation sites excluding steroid dienone is 1. The highest BCUT2D eigenvalue weighted by molar-refractivity contribution is 9.10. The predicted molar refractivity (Wildman–Crippen MR) is 144 cm³/mol. The third-order valence-corrected chi connectivity index (χ3v) is 8.37. The standard InChI is InChI=1S/C25H27BrN4O3S2/c1-4-12-30-22(16-7-9-17(26)10-8-16)28-29-25(30)34-14-20(31)27-23-21(24(32)33-5-2)18-11-6-15(3)13-19(18)35-23/h4,7-10,15H,1,5-6,11-14H2,2-3H3,(H,27,31). The van der Waals surface area contributed by atoms with Crippen molar-refractivity contribution < 1.29 is 14.3 Å². The van der Waals surface area contributed by atoms with Gasteiger partial charge in [-0.2, -0.15) is 0 Å². The van der Waals surface area contributed by atoms with Crippen molar-refractivity contribution in [3.63, 3.8) is 0 Å². The van der Waals surface area contributed by atoms with Gasteiger partial charge in [0.15, 0.2) is 11.0 Å². The van der Waals surface area contributed by atoms with Gasteiger partial charge in [-0.15, -0.1) is 28.1 Å². The summed E-state index contributed by atoms with van der Waals surface area (Å²) >= 11 is 6.24. The summed E-state index contributed by atoms with van der Waals surface area (Å²) in [5, 5.41) is 12.8. The van der Waals surface area contributed by atoms with Gasteiger partial charge < -0.3 is 10.1 Å². The van der Waals surface area contributed by atoms with E-state index >= 15 is 0 Å². The van der Waals surface area contributed by atoms with Crippen molar-refractivity contribution >= 4 is 55.9 Å². The van der Waals surface area contributed by atoms with Crippen LogP contribution in [0.4, 0.5) is 5.00 Å². The molecule has 184 valence electrons. The van der Waals surface area contributed by atoms with Crippen molar-refractivity contribution in [3.05, 3.63) is 57.4 Å². The van der Waals surface area contributed by atoms with E-state index < -0.39 is 0 Å². The van der Waals surface area contributed by atoms with E-state index in [4.69, 9.17) is 4.74 Å². The number of hydrogen-bond donors (Lipinski definition) is 1. The number of fused-ring (bicyclic) bond motifs is 1. The van der Waals surface area contributed by atoms with Gasteiger partial charge >= 0.3 is 5.97 Å². The minimum Gasteiger partial charge on any atom is -0.462 e. The number of ether oxygens (including phenoxy) is 1. The number of rotatable bonds is 9. The van der Waals surface area contributed by atoms with Gasteiger partial charge in [-0.1, -0.05) is 52.8 Å². The molecule has 2 aromatic heterocycles. The molecule has 2 heterocycles. The maximum absolute atomic E-state index is 12.9. The summed E-state index contributed by atoms with van der Waals surface area (Å²) < 4.78 is 8.22. The number of hydrogen-bond acceptors (Lipinski definition) is 7. The molecule has 1 aliphatic rings. The molecule has 35 heavy (non-hydrogen) atoms. The monoisotopic (exact) mass is 574 g/mol. The van der Waals surface area contributed by atoms with Gasteiger partial charge in [-0.25, -0.2) is 4.79 Å². The maximum atomic E-state index is 12.9. The largest absolute Gasteiger partial charge is 0.462 e. The number of esters is 1. The summed E-state index contributed by atoms with van der Waals surface area (Å²) in [4.78, 5) is 26.8.